The number of nitrogens with two attached hydrogens (primary N) is 1. The molecule has 0 spiro atoms. The molecule has 0 radical (unpaired) electrons. The van der Waals surface area contributed by atoms with Gasteiger partial charge in [0.1, 0.15) is 6.07 Å². The molecule has 5 heteroatoms. The monoisotopic (exact) mass is 274 g/mol. The Labute approximate surface area is 120 Å². The molecular formula is C15H22N4O. The van der Waals surface area contributed by atoms with Crippen LogP contribution in [0.1, 0.15) is 17.5 Å². The van der Waals surface area contributed by atoms with E-state index in [1.54, 1.807) is 0 Å². The lowest BCUT2D eigenvalue weighted by Gasteiger charge is -2.24. The molecule has 0 amide bonds. The Hall–Kier alpha value is -1.61. The summed E-state index contributed by atoms with van der Waals surface area (Å²) in [5.74, 6) is 0. The summed E-state index contributed by atoms with van der Waals surface area (Å²) in [6.45, 7) is 5.14. The van der Waals surface area contributed by atoms with Crippen LogP contribution in [0.15, 0.2) is 18.2 Å². The zero-order valence-corrected chi connectivity index (χ0v) is 11.8. The molecule has 0 aromatic heterocycles. The first-order valence-corrected chi connectivity index (χ1v) is 7.09. The summed E-state index contributed by atoms with van der Waals surface area (Å²) < 4.78 is 0. The molecule has 3 N–H and O–H groups in total. The van der Waals surface area contributed by atoms with Gasteiger partial charge in [-0.05, 0) is 30.7 Å². The lowest BCUT2D eigenvalue weighted by molar-refractivity contribution is 0.204. The van der Waals surface area contributed by atoms with Gasteiger partial charge in [-0.2, -0.15) is 5.26 Å². The second-order valence-electron chi connectivity index (χ2n) is 5.07. The van der Waals surface area contributed by atoms with Gasteiger partial charge in [0.05, 0.1) is 17.9 Å². The first kappa shape index (κ1) is 14.8. The molecule has 0 aliphatic carbocycles. The van der Waals surface area contributed by atoms with Crippen molar-refractivity contribution in [3.05, 3.63) is 29.3 Å². The number of hydrogen-bond acceptors (Lipinski definition) is 5. The van der Waals surface area contributed by atoms with E-state index in [4.69, 9.17) is 10.8 Å². The van der Waals surface area contributed by atoms with E-state index in [2.05, 4.69) is 15.9 Å². The Morgan fingerprint density at radius 1 is 1.25 bits per heavy atom. The van der Waals surface area contributed by atoms with Gasteiger partial charge in [0.2, 0.25) is 0 Å². The Morgan fingerprint density at radius 2 is 2.10 bits per heavy atom. The van der Waals surface area contributed by atoms with Gasteiger partial charge in [-0.1, -0.05) is 6.07 Å². The van der Waals surface area contributed by atoms with Crippen LogP contribution in [0.25, 0.3) is 0 Å². The van der Waals surface area contributed by atoms with Gasteiger partial charge in [0.15, 0.2) is 0 Å². The third-order valence-electron chi connectivity index (χ3n) is 3.76. The quantitative estimate of drug-likeness (QED) is 0.837. The molecule has 20 heavy (non-hydrogen) atoms. The van der Waals surface area contributed by atoms with Crippen molar-refractivity contribution in [3.63, 3.8) is 0 Å². The maximum absolute atomic E-state index is 9.31. The highest BCUT2D eigenvalue weighted by molar-refractivity contribution is 5.60. The first-order valence-electron chi connectivity index (χ1n) is 7.09. The maximum atomic E-state index is 9.31. The fourth-order valence-electron chi connectivity index (χ4n) is 2.65. The fraction of sp³-hybridized carbons (Fsp3) is 0.533. The molecule has 0 bridgehead atoms. The average Bonchev–Trinajstić information content (AvgIpc) is 2.72. The van der Waals surface area contributed by atoms with Crippen molar-refractivity contribution in [2.75, 3.05) is 44.2 Å². The largest absolute Gasteiger partial charge is 0.395 e. The van der Waals surface area contributed by atoms with Gasteiger partial charge in [-0.15, -0.1) is 0 Å². The Morgan fingerprint density at radius 3 is 2.80 bits per heavy atom. The van der Waals surface area contributed by atoms with Gasteiger partial charge in [0.25, 0.3) is 0 Å². The summed E-state index contributed by atoms with van der Waals surface area (Å²) in [5.41, 5.74) is 8.31. The van der Waals surface area contributed by atoms with Crippen molar-refractivity contribution in [2.24, 2.45) is 5.73 Å². The standard InChI is InChI=1S/C15H22N4O/c16-11-13-2-3-15(14(10-13)12-17)19-5-1-4-18(6-7-19)8-9-20/h2-3,10,20H,1,4-9,11,16H2. The summed E-state index contributed by atoms with van der Waals surface area (Å²) in [6.07, 6.45) is 1.05. The van der Waals surface area contributed by atoms with Crippen LogP contribution in [0.4, 0.5) is 5.69 Å². The highest BCUT2D eigenvalue weighted by Crippen LogP contribution is 2.22. The van der Waals surface area contributed by atoms with Crippen LogP contribution in [-0.4, -0.2) is 49.3 Å². The Balaban J connectivity index is 2.13. The minimum absolute atomic E-state index is 0.203. The predicted octanol–water partition coefficient (Wildman–Crippen LogP) is 0.521. The topological polar surface area (TPSA) is 76.5 Å². The second-order valence-corrected chi connectivity index (χ2v) is 5.07. The van der Waals surface area contributed by atoms with Crippen molar-refractivity contribution < 1.29 is 5.11 Å². The van der Waals surface area contributed by atoms with Crippen LogP contribution < -0.4 is 10.6 Å². The molecule has 0 unspecified atom stereocenters. The predicted molar refractivity (Wildman–Crippen MR) is 79.4 cm³/mol. The third-order valence-corrected chi connectivity index (χ3v) is 3.76. The van der Waals surface area contributed by atoms with Gasteiger partial charge in [0, 0.05) is 32.7 Å². The van der Waals surface area contributed by atoms with Crippen LogP contribution in [0.3, 0.4) is 0 Å². The van der Waals surface area contributed by atoms with Gasteiger partial charge in [-0.3, -0.25) is 4.90 Å². The first-order chi connectivity index (χ1) is 9.78. The van der Waals surface area contributed by atoms with Gasteiger partial charge < -0.3 is 15.7 Å². The van der Waals surface area contributed by atoms with Crippen LogP contribution in [0.2, 0.25) is 0 Å². The molecule has 1 heterocycles. The molecule has 0 saturated carbocycles. The minimum Gasteiger partial charge on any atom is -0.395 e. The van der Waals surface area contributed by atoms with E-state index in [1.807, 2.05) is 18.2 Å². The lowest BCUT2D eigenvalue weighted by Crippen LogP contribution is -2.32. The molecule has 1 aliphatic rings. The van der Waals surface area contributed by atoms with E-state index in [0.29, 0.717) is 12.1 Å². The summed E-state index contributed by atoms with van der Waals surface area (Å²) in [5, 5.41) is 18.3. The molecule has 5 nitrogen and oxygen atoms in total. The summed E-state index contributed by atoms with van der Waals surface area (Å²) >= 11 is 0. The molecule has 1 aromatic carbocycles. The van der Waals surface area contributed by atoms with Crippen molar-refractivity contribution in [1.82, 2.24) is 4.90 Å². The second kappa shape index (κ2) is 7.25. The van der Waals surface area contributed by atoms with Gasteiger partial charge >= 0.3 is 0 Å². The summed E-state index contributed by atoms with van der Waals surface area (Å²) in [7, 11) is 0. The molecule has 2 rings (SSSR count). The number of β-amino-alcohol motifs (C(OH)–C–C–N with tert-alkyl or cyclic N) is 1. The lowest BCUT2D eigenvalue weighted by atomic mass is 10.1. The highest BCUT2D eigenvalue weighted by Gasteiger charge is 2.17. The number of nitriles is 1. The van der Waals surface area contributed by atoms with E-state index in [-0.39, 0.29) is 6.61 Å². The molecule has 1 fully saturated rings. The highest BCUT2D eigenvalue weighted by atomic mass is 16.3. The van der Waals surface area contributed by atoms with Crippen LogP contribution in [0, 0.1) is 11.3 Å². The summed E-state index contributed by atoms with van der Waals surface area (Å²) in [6, 6.07) is 8.15. The van der Waals surface area contributed by atoms with E-state index in [9.17, 15) is 5.26 Å². The van der Waals surface area contributed by atoms with E-state index in [1.165, 1.54) is 0 Å². The maximum Gasteiger partial charge on any atom is 0.101 e. The number of hydrogen-bond donors (Lipinski definition) is 2. The molecular weight excluding hydrogens is 252 g/mol. The molecule has 108 valence electrons. The van der Waals surface area contributed by atoms with E-state index >= 15 is 0 Å². The minimum atomic E-state index is 0.203. The summed E-state index contributed by atoms with van der Waals surface area (Å²) in [4.78, 5) is 4.52. The van der Waals surface area contributed by atoms with E-state index < -0.39 is 0 Å². The normalized spacial score (nSPS) is 16.8. The Kier molecular flexibility index (Phi) is 5.36. The zero-order chi connectivity index (χ0) is 14.4. The smallest absolute Gasteiger partial charge is 0.101 e. The molecule has 0 atom stereocenters. The van der Waals surface area contributed by atoms with E-state index in [0.717, 1.165) is 50.4 Å². The third kappa shape index (κ3) is 3.48. The number of rotatable bonds is 4. The number of benzene rings is 1. The molecule has 1 aliphatic heterocycles. The number of aliphatic hydroxyl groups is 1. The van der Waals surface area contributed by atoms with Crippen molar-refractivity contribution in [3.8, 4) is 6.07 Å². The molecule has 1 saturated heterocycles. The van der Waals surface area contributed by atoms with Crippen molar-refractivity contribution >= 4 is 5.69 Å². The van der Waals surface area contributed by atoms with Crippen LogP contribution in [-0.2, 0) is 6.54 Å². The number of nitrogens with zero attached hydrogens (tertiary/aromatic N) is 3. The van der Waals surface area contributed by atoms with Crippen LogP contribution >= 0.6 is 0 Å². The zero-order valence-electron chi connectivity index (χ0n) is 11.8. The van der Waals surface area contributed by atoms with Gasteiger partial charge in [-0.25, -0.2) is 0 Å². The SMILES string of the molecule is N#Cc1cc(CN)ccc1N1CCCN(CCO)CC1. The number of aliphatic hydroxyl groups excluding tert-OH is 1. The Bertz CT molecular complexity index is 483. The average molecular weight is 274 g/mol. The fourth-order valence-corrected chi connectivity index (χ4v) is 2.65. The van der Waals surface area contributed by atoms with Crippen LogP contribution in [0.5, 0.6) is 0 Å². The molecule has 1 aromatic rings. The van der Waals surface area contributed by atoms with Crippen molar-refractivity contribution in [1.29, 1.82) is 5.26 Å². The van der Waals surface area contributed by atoms with Crippen molar-refractivity contribution in [2.45, 2.75) is 13.0 Å². The number of anilines is 1.